The minimum Gasteiger partial charge on any atom is -0.325 e. The Bertz CT molecular complexity index is 794. The number of thioether (sulfide) groups is 1. The minimum absolute atomic E-state index is 0.0173. The summed E-state index contributed by atoms with van der Waals surface area (Å²) in [5.41, 5.74) is 3.64. The van der Waals surface area contributed by atoms with Gasteiger partial charge in [-0.3, -0.25) is 19.7 Å². The number of anilines is 1. The maximum Gasteiger partial charge on any atom is 0.269 e. The van der Waals surface area contributed by atoms with Crippen LogP contribution >= 0.6 is 11.8 Å². The number of rotatable bonds is 8. The molecular weight excluding hydrogens is 356 g/mol. The summed E-state index contributed by atoms with van der Waals surface area (Å²) >= 11 is 1.17. The average Bonchev–Trinajstić information content (AvgIpc) is 2.63. The molecule has 0 aliphatic heterocycles. The van der Waals surface area contributed by atoms with Crippen LogP contribution in [0.15, 0.2) is 59.7 Å². The smallest absolute Gasteiger partial charge is 0.269 e. The van der Waals surface area contributed by atoms with E-state index < -0.39 is 4.92 Å². The first-order valence-electron chi connectivity index (χ1n) is 7.53. The van der Waals surface area contributed by atoms with E-state index in [1.807, 2.05) is 18.2 Å². The van der Waals surface area contributed by atoms with E-state index in [9.17, 15) is 19.7 Å². The molecule has 0 spiro atoms. The lowest BCUT2D eigenvalue weighted by molar-refractivity contribution is -0.384. The Morgan fingerprint density at radius 1 is 1.04 bits per heavy atom. The summed E-state index contributed by atoms with van der Waals surface area (Å²) in [7, 11) is 0. The first-order chi connectivity index (χ1) is 12.5. The SMILES string of the molecule is O=C(CSCC(=O)Nc1ccccc1)NN=Cc1ccc([N+](=O)[O-])cc1. The van der Waals surface area contributed by atoms with Crippen molar-refractivity contribution >= 4 is 41.2 Å². The topological polar surface area (TPSA) is 114 Å². The van der Waals surface area contributed by atoms with Crippen molar-refractivity contribution in [2.75, 3.05) is 16.8 Å². The van der Waals surface area contributed by atoms with E-state index in [2.05, 4.69) is 15.8 Å². The Labute approximate surface area is 153 Å². The number of hydrogen-bond acceptors (Lipinski definition) is 6. The maximum atomic E-state index is 11.7. The van der Waals surface area contributed by atoms with Gasteiger partial charge in [-0.25, -0.2) is 5.43 Å². The molecular formula is C17H16N4O4S. The van der Waals surface area contributed by atoms with Gasteiger partial charge in [0.15, 0.2) is 0 Å². The minimum atomic E-state index is -0.492. The molecule has 26 heavy (non-hydrogen) atoms. The van der Waals surface area contributed by atoms with Crippen LogP contribution in [0.3, 0.4) is 0 Å². The predicted molar refractivity (Wildman–Crippen MR) is 101 cm³/mol. The standard InChI is InChI=1S/C17H16N4O4S/c22-16(19-14-4-2-1-3-5-14)11-26-12-17(23)20-18-10-13-6-8-15(9-7-13)21(24)25/h1-10H,11-12H2,(H,19,22)(H,20,23). The van der Waals surface area contributed by atoms with Crippen molar-refractivity contribution in [2.45, 2.75) is 0 Å². The van der Waals surface area contributed by atoms with E-state index in [1.165, 1.54) is 42.2 Å². The second kappa shape index (κ2) is 9.94. The molecule has 0 radical (unpaired) electrons. The van der Waals surface area contributed by atoms with Crippen molar-refractivity contribution in [3.8, 4) is 0 Å². The number of nitro groups is 1. The summed E-state index contributed by atoms with van der Waals surface area (Å²) in [6.07, 6.45) is 1.38. The van der Waals surface area contributed by atoms with Gasteiger partial charge in [0.25, 0.3) is 5.69 Å². The number of amides is 2. The number of non-ortho nitro benzene ring substituents is 1. The highest BCUT2D eigenvalue weighted by Crippen LogP contribution is 2.10. The van der Waals surface area contributed by atoms with E-state index in [1.54, 1.807) is 12.1 Å². The number of benzene rings is 2. The zero-order chi connectivity index (χ0) is 18.8. The van der Waals surface area contributed by atoms with Gasteiger partial charge >= 0.3 is 0 Å². The van der Waals surface area contributed by atoms with Gasteiger partial charge < -0.3 is 5.32 Å². The number of para-hydroxylation sites is 1. The van der Waals surface area contributed by atoms with Crippen molar-refractivity contribution in [1.82, 2.24) is 5.43 Å². The molecule has 8 nitrogen and oxygen atoms in total. The Kier molecular flexibility index (Phi) is 7.31. The molecule has 134 valence electrons. The van der Waals surface area contributed by atoms with E-state index in [-0.39, 0.29) is 29.0 Å². The summed E-state index contributed by atoms with van der Waals surface area (Å²) in [6.45, 7) is 0. The molecule has 2 rings (SSSR count). The fourth-order valence-corrected chi connectivity index (χ4v) is 2.46. The zero-order valence-electron chi connectivity index (χ0n) is 13.6. The van der Waals surface area contributed by atoms with Crippen molar-refractivity contribution in [2.24, 2.45) is 5.10 Å². The van der Waals surface area contributed by atoms with E-state index in [0.717, 1.165) is 0 Å². The van der Waals surface area contributed by atoms with Crippen LogP contribution < -0.4 is 10.7 Å². The second-order valence-electron chi connectivity index (χ2n) is 5.05. The van der Waals surface area contributed by atoms with Crippen LogP contribution in [0.25, 0.3) is 0 Å². The highest BCUT2D eigenvalue weighted by Gasteiger charge is 2.06. The lowest BCUT2D eigenvalue weighted by Gasteiger charge is -2.04. The van der Waals surface area contributed by atoms with Crippen molar-refractivity contribution in [1.29, 1.82) is 0 Å². The number of hydrazone groups is 1. The fourth-order valence-electron chi connectivity index (χ4n) is 1.85. The second-order valence-corrected chi connectivity index (χ2v) is 6.03. The van der Waals surface area contributed by atoms with E-state index in [0.29, 0.717) is 11.3 Å². The number of carbonyl (C=O) groups excluding carboxylic acids is 2. The van der Waals surface area contributed by atoms with Crippen LogP contribution in [-0.2, 0) is 9.59 Å². The van der Waals surface area contributed by atoms with Crippen LogP contribution in [-0.4, -0.2) is 34.5 Å². The zero-order valence-corrected chi connectivity index (χ0v) is 14.4. The predicted octanol–water partition coefficient (Wildman–Crippen LogP) is 2.42. The molecule has 2 N–H and O–H groups in total. The summed E-state index contributed by atoms with van der Waals surface area (Å²) in [6, 6.07) is 14.8. The lowest BCUT2D eigenvalue weighted by atomic mass is 10.2. The van der Waals surface area contributed by atoms with Crippen molar-refractivity contribution in [3.63, 3.8) is 0 Å². The van der Waals surface area contributed by atoms with Crippen LogP contribution in [0.5, 0.6) is 0 Å². The number of hydrogen-bond donors (Lipinski definition) is 2. The number of nitrogens with one attached hydrogen (secondary N) is 2. The monoisotopic (exact) mass is 372 g/mol. The molecule has 9 heteroatoms. The summed E-state index contributed by atoms with van der Waals surface area (Å²) in [4.78, 5) is 33.4. The molecule has 0 saturated heterocycles. The third-order valence-corrected chi connectivity index (χ3v) is 3.96. The molecule has 0 aromatic heterocycles. The molecule has 2 aromatic carbocycles. The molecule has 0 bridgehead atoms. The third-order valence-electron chi connectivity index (χ3n) is 3.03. The van der Waals surface area contributed by atoms with E-state index in [4.69, 9.17) is 0 Å². The lowest BCUT2D eigenvalue weighted by Crippen LogP contribution is -2.21. The first kappa shape index (κ1) is 19.1. The Morgan fingerprint density at radius 3 is 2.35 bits per heavy atom. The van der Waals surface area contributed by atoms with Gasteiger partial charge in [-0.2, -0.15) is 5.10 Å². The quantitative estimate of drug-likeness (QED) is 0.420. The Hall–Kier alpha value is -3.20. The largest absolute Gasteiger partial charge is 0.325 e. The highest BCUT2D eigenvalue weighted by atomic mass is 32.2. The summed E-state index contributed by atoms with van der Waals surface area (Å²) < 4.78 is 0. The first-order valence-corrected chi connectivity index (χ1v) is 8.69. The maximum absolute atomic E-state index is 11.7. The average molecular weight is 372 g/mol. The van der Waals surface area contributed by atoms with Gasteiger partial charge in [-0.1, -0.05) is 18.2 Å². The van der Waals surface area contributed by atoms with Gasteiger partial charge in [0.2, 0.25) is 11.8 Å². The van der Waals surface area contributed by atoms with Crippen LogP contribution in [0.4, 0.5) is 11.4 Å². The van der Waals surface area contributed by atoms with Crippen LogP contribution in [0.1, 0.15) is 5.56 Å². The van der Waals surface area contributed by atoms with Crippen LogP contribution in [0, 0.1) is 10.1 Å². The Morgan fingerprint density at radius 2 is 1.69 bits per heavy atom. The Balaban J connectivity index is 1.67. The normalized spacial score (nSPS) is 10.5. The van der Waals surface area contributed by atoms with Gasteiger partial charge in [-0.05, 0) is 29.8 Å². The van der Waals surface area contributed by atoms with Crippen LogP contribution in [0.2, 0.25) is 0 Å². The highest BCUT2D eigenvalue weighted by molar-refractivity contribution is 8.00. The molecule has 2 amide bonds. The van der Waals surface area contributed by atoms with E-state index >= 15 is 0 Å². The van der Waals surface area contributed by atoms with Gasteiger partial charge in [0.1, 0.15) is 0 Å². The van der Waals surface area contributed by atoms with Gasteiger partial charge in [0.05, 0.1) is 22.6 Å². The molecule has 0 atom stereocenters. The molecule has 2 aromatic rings. The summed E-state index contributed by atoms with van der Waals surface area (Å²) in [5, 5.41) is 17.0. The summed E-state index contributed by atoms with van der Waals surface area (Å²) in [5.74, 6) is -0.308. The molecule has 0 fully saturated rings. The molecule has 0 saturated carbocycles. The number of nitro benzene ring substituents is 1. The molecule has 0 aliphatic carbocycles. The number of nitrogens with zero attached hydrogens (tertiary/aromatic N) is 2. The molecule has 0 heterocycles. The van der Waals surface area contributed by atoms with Crippen molar-refractivity contribution < 1.29 is 14.5 Å². The third kappa shape index (κ3) is 6.73. The van der Waals surface area contributed by atoms with Gasteiger partial charge in [0, 0.05) is 17.8 Å². The fraction of sp³-hybridized carbons (Fsp3) is 0.118. The van der Waals surface area contributed by atoms with Gasteiger partial charge in [-0.15, -0.1) is 11.8 Å². The molecule has 0 aliphatic rings. The van der Waals surface area contributed by atoms with Crippen molar-refractivity contribution in [3.05, 3.63) is 70.3 Å². The number of carbonyl (C=O) groups is 2. The molecule has 0 unspecified atom stereocenters.